The molecule has 1 atom stereocenters. The molecule has 0 radical (unpaired) electrons. The summed E-state index contributed by atoms with van der Waals surface area (Å²) in [6.45, 7) is 1.84. The third-order valence-corrected chi connectivity index (χ3v) is 3.40. The minimum atomic E-state index is -2.36. The van der Waals surface area contributed by atoms with E-state index in [-0.39, 0.29) is 6.61 Å². The zero-order chi connectivity index (χ0) is 7.33. The first-order chi connectivity index (χ1) is 4.12. The zero-order valence-electron chi connectivity index (χ0n) is 5.92. The van der Waals surface area contributed by atoms with E-state index in [9.17, 15) is 4.80 Å². The van der Waals surface area contributed by atoms with Gasteiger partial charge < -0.3 is 14.3 Å². The zero-order valence-corrected chi connectivity index (χ0v) is 6.92. The van der Waals surface area contributed by atoms with E-state index in [4.69, 9.17) is 9.53 Å². The fraction of sp³-hybridized carbons (Fsp3) is 1.00. The number of aliphatic hydroxyl groups is 1. The Morgan fingerprint density at radius 3 is 2.44 bits per heavy atom. The fourth-order valence-corrected chi connectivity index (χ4v) is 1.53. The maximum atomic E-state index is 9.26. The van der Waals surface area contributed by atoms with Gasteiger partial charge >= 0.3 is 8.56 Å². The van der Waals surface area contributed by atoms with Gasteiger partial charge in [-0.15, -0.1) is 0 Å². The summed E-state index contributed by atoms with van der Waals surface area (Å²) in [6.07, 6.45) is 0.632. The van der Waals surface area contributed by atoms with Gasteiger partial charge in [0, 0.05) is 13.7 Å². The molecule has 0 saturated carbocycles. The Morgan fingerprint density at radius 2 is 2.11 bits per heavy atom. The van der Waals surface area contributed by atoms with Crippen LogP contribution >= 0.6 is 0 Å². The first-order valence-corrected chi connectivity index (χ1v) is 5.57. The van der Waals surface area contributed by atoms with Crippen LogP contribution in [0.3, 0.4) is 0 Å². The highest BCUT2D eigenvalue weighted by molar-refractivity contribution is 6.64. The van der Waals surface area contributed by atoms with E-state index in [1.165, 1.54) is 7.11 Å². The Kier molecular flexibility index (Phi) is 4.04. The summed E-state index contributed by atoms with van der Waals surface area (Å²) in [7, 11) is -0.855. The van der Waals surface area contributed by atoms with Crippen molar-refractivity contribution in [1.82, 2.24) is 0 Å². The largest absolute Gasteiger partial charge is 0.411 e. The van der Waals surface area contributed by atoms with Crippen LogP contribution in [0.15, 0.2) is 0 Å². The molecular formula is C5H14O3Si. The van der Waals surface area contributed by atoms with Gasteiger partial charge in [0.2, 0.25) is 0 Å². The van der Waals surface area contributed by atoms with Crippen LogP contribution in [0.25, 0.3) is 0 Å². The summed E-state index contributed by atoms with van der Waals surface area (Å²) in [5.74, 6) is 0. The molecule has 0 heterocycles. The number of hydrogen-bond acceptors (Lipinski definition) is 3. The van der Waals surface area contributed by atoms with Gasteiger partial charge in [-0.2, -0.15) is 0 Å². The Balaban J connectivity index is 3.33. The lowest BCUT2D eigenvalue weighted by molar-refractivity contribution is 0.268. The van der Waals surface area contributed by atoms with Gasteiger partial charge in [-0.05, 0) is 19.0 Å². The summed E-state index contributed by atoms with van der Waals surface area (Å²) in [5.41, 5.74) is 0. The van der Waals surface area contributed by atoms with E-state index in [0.717, 1.165) is 0 Å². The average molecular weight is 150 g/mol. The molecule has 0 fully saturated rings. The Hall–Kier alpha value is 0.0969. The summed E-state index contributed by atoms with van der Waals surface area (Å²) >= 11 is 0. The first-order valence-electron chi connectivity index (χ1n) is 3.01. The van der Waals surface area contributed by atoms with Crippen molar-refractivity contribution in [3.05, 3.63) is 0 Å². The highest BCUT2D eigenvalue weighted by Crippen LogP contribution is 2.07. The lowest BCUT2D eigenvalue weighted by Gasteiger charge is -2.15. The number of rotatable bonds is 4. The van der Waals surface area contributed by atoms with E-state index in [1.807, 2.05) is 0 Å². The Labute approximate surface area is 56.5 Å². The minimum Gasteiger partial charge on any atom is -0.411 e. The summed E-state index contributed by atoms with van der Waals surface area (Å²) in [4.78, 5) is 9.26. The van der Waals surface area contributed by atoms with Crippen LogP contribution < -0.4 is 0 Å². The topological polar surface area (TPSA) is 49.7 Å². The van der Waals surface area contributed by atoms with E-state index >= 15 is 0 Å². The first kappa shape index (κ1) is 9.10. The van der Waals surface area contributed by atoms with Gasteiger partial charge in [-0.1, -0.05) is 0 Å². The van der Waals surface area contributed by atoms with Crippen molar-refractivity contribution >= 4 is 8.56 Å². The Morgan fingerprint density at radius 1 is 1.56 bits per heavy atom. The van der Waals surface area contributed by atoms with Crippen molar-refractivity contribution in [3.63, 3.8) is 0 Å². The van der Waals surface area contributed by atoms with E-state index in [2.05, 4.69) is 0 Å². The molecule has 0 bridgehead atoms. The van der Waals surface area contributed by atoms with Crippen LogP contribution in [-0.4, -0.2) is 32.2 Å². The maximum Gasteiger partial charge on any atom is 0.332 e. The number of aliphatic hydroxyl groups excluding tert-OH is 1. The smallest absolute Gasteiger partial charge is 0.332 e. The molecule has 2 N–H and O–H groups in total. The van der Waals surface area contributed by atoms with Crippen LogP contribution in [0.2, 0.25) is 12.6 Å². The van der Waals surface area contributed by atoms with E-state index in [1.54, 1.807) is 6.55 Å². The molecule has 9 heavy (non-hydrogen) atoms. The summed E-state index contributed by atoms with van der Waals surface area (Å²) in [5, 5.41) is 8.38. The molecule has 3 nitrogen and oxygen atoms in total. The highest BCUT2D eigenvalue weighted by Gasteiger charge is 2.23. The van der Waals surface area contributed by atoms with Crippen molar-refractivity contribution in [2.24, 2.45) is 0 Å². The second-order valence-corrected chi connectivity index (χ2v) is 5.46. The summed E-state index contributed by atoms with van der Waals surface area (Å²) < 4.78 is 4.82. The molecule has 0 spiro atoms. The molecule has 4 heteroatoms. The third-order valence-electron chi connectivity index (χ3n) is 1.24. The monoisotopic (exact) mass is 150 g/mol. The van der Waals surface area contributed by atoms with Crippen molar-refractivity contribution in [2.75, 3.05) is 13.7 Å². The predicted octanol–water partition coefficient (Wildman–Crippen LogP) is 0.0795. The van der Waals surface area contributed by atoms with Gasteiger partial charge in [0.1, 0.15) is 0 Å². The second kappa shape index (κ2) is 4.00. The fourth-order valence-electron chi connectivity index (χ4n) is 0.509. The second-order valence-electron chi connectivity index (χ2n) is 2.21. The van der Waals surface area contributed by atoms with Crippen molar-refractivity contribution in [1.29, 1.82) is 0 Å². The van der Waals surface area contributed by atoms with E-state index < -0.39 is 8.56 Å². The molecule has 56 valence electrons. The molecule has 1 unspecified atom stereocenters. The molecular weight excluding hydrogens is 136 g/mol. The van der Waals surface area contributed by atoms with Gasteiger partial charge in [-0.25, -0.2) is 0 Å². The normalized spacial score (nSPS) is 17.3. The molecule has 0 rings (SSSR count). The highest BCUT2D eigenvalue weighted by atomic mass is 28.4. The third kappa shape index (κ3) is 4.59. The lowest BCUT2D eigenvalue weighted by atomic mass is 10.5. The average Bonchev–Trinajstić information content (AvgIpc) is 1.84. The molecule has 0 aliphatic rings. The molecule has 0 saturated heterocycles. The van der Waals surface area contributed by atoms with Gasteiger partial charge in [0.05, 0.1) is 0 Å². The summed E-state index contributed by atoms with van der Waals surface area (Å²) in [6, 6.07) is 0.611. The minimum absolute atomic E-state index is 0.131. The van der Waals surface area contributed by atoms with Crippen LogP contribution in [0.4, 0.5) is 0 Å². The van der Waals surface area contributed by atoms with Crippen LogP contribution in [0.1, 0.15) is 6.42 Å². The van der Waals surface area contributed by atoms with Crippen molar-refractivity contribution in [2.45, 2.75) is 19.0 Å². The molecule has 0 aromatic rings. The SMILES string of the molecule is CO[Si](C)(O)CCCO. The van der Waals surface area contributed by atoms with Crippen molar-refractivity contribution in [3.8, 4) is 0 Å². The quantitative estimate of drug-likeness (QED) is 0.558. The van der Waals surface area contributed by atoms with Crippen LogP contribution in [0, 0.1) is 0 Å². The van der Waals surface area contributed by atoms with Gasteiger partial charge in [0.25, 0.3) is 0 Å². The van der Waals surface area contributed by atoms with Gasteiger partial charge in [-0.3, -0.25) is 0 Å². The molecule has 0 aromatic carbocycles. The van der Waals surface area contributed by atoms with Crippen LogP contribution in [0.5, 0.6) is 0 Å². The molecule has 0 aliphatic heterocycles. The van der Waals surface area contributed by atoms with Gasteiger partial charge in [0.15, 0.2) is 0 Å². The lowest BCUT2D eigenvalue weighted by Crippen LogP contribution is -2.32. The van der Waals surface area contributed by atoms with Crippen molar-refractivity contribution < 1.29 is 14.3 Å². The molecule has 0 aromatic heterocycles. The Bertz CT molecular complexity index is 74.6. The number of hydrogen-bond donors (Lipinski definition) is 2. The standard InChI is InChI=1S/C5H14O3Si/c1-8-9(2,7)5-3-4-6/h6-7H,3-5H2,1-2H3. The maximum absolute atomic E-state index is 9.26. The molecule has 0 amide bonds. The molecule has 0 aliphatic carbocycles. The predicted molar refractivity (Wildman–Crippen MR) is 37.4 cm³/mol. The van der Waals surface area contributed by atoms with E-state index in [0.29, 0.717) is 12.5 Å². The van der Waals surface area contributed by atoms with Crippen LogP contribution in [-0.2, 0) is 4.43 Å².